The number of nitrogens with zero attached hydrogens (tertiary/aromatic N) is 2. The zero-order valence-corrected chi connectivity index (χ0v) is 11.5. The quantitative estimate of drug-likeness (QED) is 0.885. The summed E-state index contributed by atoms with van der Waals surface area (Å²) in [5.74, 6) is -0.126. The number of hydrogen-bond donors (Lipinski definition) is 2. The van der Waals surface area contributed by atoms with Crippen molar-refractivity contribution in [1.29, 1.82) is 0 Å². The number of aryl methyl sites for hydroxylation is 2. The van der Waals surface area contributed by atoms with Gasteiger partial charge in [0.1, 0.15) is 5.69 Å². The van der Waals surface area contributed by atoms with Crippen LogP contribution in [-0.4, -0.2) is 26.5 Å². The van der Waals surface area contributed by atoms with Crippen LogP contribution in [0.2, 0.25) is 0 Å². The molecule has 0 radical (unpaired) electrons. The molecule has 18 heavy (non-hydrogen) atoms. The third kappa shape index (κ3) is 3.16. The first kappa shape index (κ1) is 12.8. The van der Waals surface area contributed by atoms with Gasteiger partial charge in [0.15, 0.2) is 0 Å². The van der Waals surface area contributed by atoms with E-state index in [0.29, 0.717) is 12.1 Å². The van der Waals surface area contributed by atoms with Gasteiger partial charge in [-0.25, -0.2) is 0 Å². The largest absolute Gasteiger partial charge is 0.348 e. The maximum Gasteiger partial charge on any atom is 0.271 e. The summed E-state index contributed by atoms with van der Waals surface area (Å²) in [6.07, 6.45) is 0.708. The van der Waals surface area contributed by atoms with Crippen LogP contribution in [0.5, 0.6) is 0 Å². The van der Waals surface area contributed by atoms with Crippen molar-refractivity contribution in [1.82, 2.24) is 19.9 Å². The molecule has 1 unspecified atom stereocenters. The van der Waals surface area contributed by atoms with Crippen LogP contribution in [0.4, 0.5) is 0 Å². The average Bonchev–Trinajstić information content (AvgIpc) is 2.87. The van der Waals surface area contributed by atoms with Gasteiger partial charge in [0, 0.05) is 23.0 Å². The van der Waals surface area contributed by atoms with Crippen LogP contribution >= 0.6 is 11.5 Å². The van der Waals surface area contributed by atoms with Crippen molar-refractivity contribution in [2.45, 2.75) is 33.2 Å². The number of nitrogens with one attached hydrogen (secondary N) is 2. The van der Waals surface area contributed by atoms with Crippen LogP contribution in [0.1, 0.15) is 33.7 Å². The van der Waals surface area contributed by atoms with Gasteiger partial charge in [-0.05, 0) is 44.4 Å². The Kier molecular flexibility index (Phi) is 3.76. The second-order valence-electron chi connectivity index (χ2n) is 4.44. The second kappa shape index (κ2) is 5.30. The summed E-state index contributed by atoms with van der Waals surface area (Å²) < 4.78 is 4.09. The van der Waals surface area contributed by atoms with E-state index < -0.39 is 0 Å². The Morgan fingerprint density at radius 3 is 2.83 bits per heavy atom. The smallest absolute Gasteiger partial charge is 0.271 e. The van der Waals surface area contributed by atoms with E-state index >= 15 is 0 Å². The summed E-state index contributed by atoms with van der Waals surface area (Å²) in [5, 5.41) is 9.96. The van der Waals surface area contributed by atoms with E-state index in [9.17, 15) is 4.79 Å². The standard InChI is InChI=1S/C12H16N4OS/c1-7(4-10-5-8(2)14-15-10)13-12(17)11-6-9(3)18-16-11/h5-7H,4H2,1-3H3,(H,13,17)(H,14,15). The summed E-state index contributed by atoms with van der Waals surface area (Å²) in [6, 6.07) is 3.81. The molecule has 0 aromatic carbocycles. The first-order valence-corrected chi connectivity index (χ1v) is 6.57. The number of carbonyl (C=O) groups excluding carboxylic acids is 1. The van der Waals surface area contributed by atoms with E-state index in [-0.39, 0.29) is 11.9 Å². The van der Waals surface area contributed by atoms with Crippen LogP contribution in [-0.2, 0) is 6.42 Å². The van der Waals surface area contributed by atoms with Gasteiger partial charge >= 0.3 is 0 Å². The lowest BCUT2D eigenvalue weighted by Gasteiger charge is -2.11. The van der Waals surface area contributed by atoms with Crippen molar-refractivity contribution < 1.29 is 4.79 Å². The maximum absolute atomic E-state index is 11.9. The number of aromatic nitrogens is 3. The molecule has 0 aliphatic heterocycles. The highest BCUT2D eigenvalue weighted by Crippen LogP contribution is 2.08. The van der Waals surface area contributed by atoms with E-state index in [1.54, 1.807) is 6.07 Å². The SMILES string of the molecule is Cc1cc(CC(C)NC(=O)c2cc(C)sn2)n[nH]1. The van der Waals surface area contributed by atoms with Gasteiger partial charge in [-0.1, -0.05) is 0 Å². The van der Waals surface area contributed by atoms with Crippen molar-refractivity contribution in [2.75, 3.05) is 0 Å². The van der Waals surface area contributed by atoms with Crippen LogP contribution < -0.4 is 5.32 Å². The van der Waals surface area contributed by atoms with E-state index in [4.69, 9.17) is 0 Å². The fourth-order valence-corrected chi connectivity index (χ4v) is 2.26. The van der Waals surface area contributed by atoms with E-state index in [2.05, 4.69) is 19.9 Å². The maximum atomic E-state index is 11.9. The first-order chi connectivity index (χ1) is 8.54. The predicted octanol–water partition coefficient (Wildman–Crippen LogP) is 1.84. The number of carbonyl (C=O) groups is 1. The minimum Gasteiger partial charge on any atom is -0.348 e. The molecule has 0 aliphatic rings. The Morgan fingerprint density at radius 1 is 1.50 bits per heavy atom. The minimum absolute atomic E-state index is 0.0298. The Labute approximate surface area is 110 Å². The Balaban J connectivity index is 1.91. The van der Waals surface area contributed by atoms with Crippen LogP contribution in [0.15, 0.2) is 12.1 Å². The highest BCUT2D eigenvalue weighted by molar-refractivity contribution is 7.05. The molecule has 0 saturated carbocycles. The van der Waals surface area contributed by atoms with E-state index in [1.807, 2.05) is 26.8 Å². The molecule has 2 aromatic rings. The fraction of sp³-hybridized carbons (Fsp3) is 0.417. The monoisotopic (exact) mass is 264 g/mol. The number of hydrogen-bond acceptors (Lipinski definition) is 4. The number of H-pyrrole nitrogens is 1. The lowest BCUT2D eigenvalue weighted by molar-refractivity contribution is 0.0936. The van der Waals surface area contributed by atoms with Crippen molar-refractivity contribution >= 4 is 17.4 Å². The van der Waals surface area contributed by atoms with Crippen molar-refractivity contribution in [2.24, 2.45) is 0 Å². The Bertz CT molecular complexity index is 546. The molecule has 2 heterocycles. The van der Waals surface area contributed by atoms with Gasteiger partial charge in [-0.3, -0.25) is 9.89 Å². The first-order valence-electron chi connectivity index (χ1n) is 5.79. The summed E-state index contributed by atoms with van der Waals surface area (Å²) >= 11 is 1.34. The molecule has 1 amide bonds. The van der Waals surface area contributed by atoms with Crippen molar-refractivity contribution in [3.63, 3.8) is 0 Å². The summed E-state index contributed by atoms with van der Waals surface area (Å²) in [7, 11) is 0. The lowest BCUT2D eigenvalue weighted by atomic mass is 10.1. The van der Waals surface area contributed by atoms with Gasteiger partial charge in [-0.2, -0.15) is 9.47 Å². The molecule has 0 saturated heterocycles. The van der Waals surface area contributed by atoms with E-state index in [0.717, 1.165) is 16.3 Å². The molecule has 96 valence electrons. The zero-order chi connectivity index (χ0) is 13.1. The zero-order valence-electron chi connectivity index (χ0n) is 10.7. The molecule has 0 bridgehead atoms. The summed E-state index contributed by atoms with van der Waals surface area (Å²) in [4.78, 5) is 12.9. The van der Waals surface area contributed by atoms with Gasteiger partial charge in [0.2, 0.25) is 0 Å². The van der Waals surface area contributed by atoms with Crippen LogP contribution in [0, 0.1) is 13.8 Å². The van der Waals surface area contributed by atoms with Gasteiger partial charge in [0.25, 0.3) is 5.91 Å². The normalized spacial score (nSPS) is 12.4. The number of amides is 1. The van der Waals surface area contributed by atoms with Gasteiger partial charge in [0.05, 0.1) is 5.69 Å². The molecule has 2 N–H and O–H groups in total. The molecule has 5 nitrogen and oxygen atoms in total. The third-order valence-electron chi connectivity index (χ3n) is 2.51. The number of rotatable bonds is 4. The highest BCUT2D eigenvalue weighted by atomic mass is 32.1. The summed E-state index contributed by atoms with van der Waals surface area (Å²) in [5.41, 5.74) is 2.47. The Morgan fingerprint density at radius 2 is 2.28 bits per heavy atom. The summed E-state index contributed by atoms with van der Waals surface area (Å²) in [6.45, 7) is 5.85. The van der Waals surface area contributed by atoms with Gasteiger partial charge in [-0.15, -0.1) is 0 Å². The highest BCUT2D eigenvalue weighted by Gasteiger charge is 2.13. The molecular formula is C12H16N4OS. The van der Waals surface area contributed by atoms with Crippen molar-refractivity contribution in [3.8, 4) is 0 Å². The fourth-order valence-electron chi connectivity index (χ4n) is 1.71. The molecule has 0 spiro atoms. The second-order valence-corrected chi connectivity index (χ2v) is 5.45. The molecule has 2 aromatic heterocycles. The lowest BCUT2D eigenvalue weighted by Crippen LogP contribution is -2.34. The van der Waals surface area contributed by atoms with Gasteiger partial charge < -0.3 is 5.32 Å². The molecule has 6 heteroatoms. The third-order valence-corrected chi connectivity index (χ3v) is 3.21. The topological polar surface area (TPSA) is 70.7 Å². The average molecular weight is 264 g/mol. The minimum atomic E-state index is -0.126. The number of aromatic amines is 1. The predicted molar refractivity (Wildman–Crippen MR) is 70.8 cm³/mol. The van der Waals surface area contributed by atoms with Crippen molar-refractivity contribution in [3.05, 3.63) is 34.1 Å². The molecule has 0 aliphatic carbocycles. The van der Waals surface area contributed by atoms with E-state index in [1.165, 1.54) is 11.5 Å². The van der Waals surface area contributed by atoms with Crippen LogP contribution in [0.25, 0.3) is 0 Å². The molecule has 2 rings (SSSR count). The molecular weight excluding hydrogens is 248 g/mol. The Hall–Kier alpha value is -1.69. The molecule has 1 atom stereocenters. The van der Waals surface area contributed by atoms with Crippen LogP contribution in [0.3, 0.4) is 0 Å². The molecule has 0 fully saturated rings.